The molecule has 0 aromatic heterocycles. The van der Waals surface area contributed by atoms with E-state index in [0.29, 0.717) is 43.9 Å². The van der Waals surface area contributed by atoms with Gasteiger partial charge in [0.15, 0.2) is 0 Å². The van der Waals surface area contributed by atoms with Crippen molar-refractivity contribution in [2.75, 3.05) is 46.3 Å². The van der Waals surface area contributed by atoms with Crippen LogP contribution in [0.1, 0.15) is 90.5 Å². The summed E-state index contributed by atoms with van der Waals surface area (Å²) in [6, 6.07) is 6.18. The Morgan fingerprint density at radius 1 is 0.870 bits per heavy atom. The number of hydrogen-bond donors (Lipinski definition) is 4. The molecule has 0 spiro atoms. The fourth-order valence-electron chi connectivity index (χ4n) is 4.67. The highest BCUT2D eigenvalue weighted by molar-refractivity contribution is 5.86. The number of primary amides is 2. The number of nitrogens with two attached hydrogens (primary N) is 2. The summed E-state index contributed by atoms with van der Waals surface area (Å²) >= 11 is 0. The van der Waals surface area contributed by atoms with Gasteiger partial charge in [0.2, 0.25) is 23.6 Å². The van der Waals surface area contributed by atoms with E-state index in [9.17, 15) is 24.0 Å². The average molecular weight is 647 g/mol. The van der Waals surface area contributed by atoms with Crippen molar-refractivity contribution >= 4 is 29.6 Å². The van der Waals surface area contributed by atoms with Crippen molar-refractivity contribution in [3.05, 3.63) is 29.8 Å². The monoisotopic (exact) mass is 646 g/mol. The van der Waals surface area contributed by atoms with Gasteiger partial charge in [-0.2, -0.15) is 0 Å². The van der Waals surface area contributed by atoms with Crippen molar-refractivity contribution in [2.45, 2.75) is 97.4 Å². The second-order valence-corrected chi connectivity index (χ2v) is 12.2. The van der Waals surface area contributed by atoms with Gasteiger partial charge in [0.25, 0.3) is 0 Å². The summed E-state index contributed by atoms with van der Waals surface area (Å²) in [4.78, 5) is 62.0. The number of hydrogen-bond acceptors (Lipinski definition) is 8. The van der Waals surface area contributed by atoms with Crippen molar-refractivity contribution in [2.24, 2.45) is 17.4 Å². The quantitative estimate of drug-likeness (QED) is 0.0949. The standard InChI is InChI=1S/C22H34N4O4.C12H24N2O2/c1-3-4-5-6-20(27)24-19(22(23)29)15-17-7-9-18(10-8-17)30-21(28)16-26-13-11-25(2)12-14-26;1-3-10(2)9-12(16)14-8-6-4-5-7-11(13)15/h7-10,19H,3-6,11-16H2,1-2H3,(H2,23,29)(H,24,27);10H,3-9H2,1-2H3,(H2,13,15)(H,14,16). The molecule has 0 aliphatic carbocycles. The van der Waals surface area contributed by atoms with E-state index in [1.165, 1.54) is 0 Å². The SMILES string of the molecule is CCC(C)CC(=O)NCCCCCC(N)=O.CCCCCC(=O)NC(Cc1ccc(OC(=O)CN2CCN(C)CC2)cc1)C(N)=O. The summed E-state index contributed by atoms with van der Waals surface area (Å²) in [5, 5.41) is 5.59. The molecule has 0 radical (unpaired) electrons. The third-order valence-electron chi connectivity index (χ3n) is 7.88. The van der Waals surface area contributed by atoms with Crippen LogP contribution in [0.3, 0.4) is 0 Å². The van der Waals surface area contributed by atoms with Gasteiger partial charge in [0.1, 0.15) is 11.8 Å². The highest BCUT2D eigenvalue weighted by atomic mass is 16.5. The number of amides is 4. The molecule has 12 heteroatoms. The topological polar surface area (TPSA) is 177 Å². The lowest BCUT2D eigenvalue weighted by Crippen LogP contribution is -2.46. The molecule has 0 bridgehead atoms. The molecule has 2 rings (SSSR count). The van der Waals surface area contributed by atoms with Gasteiger partial charge < -0.3 is 31.7 Å². The molecule has 1 saturated heterocycles. The van der Waals surface area contributed by atoms with Crippen LogP contribution in [0.5, 0.6) is 5.75 Å². The fraction of sp³-hybridized carbons (Fsp3) is 0.676. The first-order chi connectivity index (χ1) is 21.9. The number of carbonyl (C=O) groups excluding carboxylic acids is 5. The smallest absolute Gasteiger partial charge is 0.325 e. The number of rotatable bonds is 20. The van der Waals surface area contributed by atoms with E-state index in [1.807, 2.05) is 0 Å². The van der Waals surface area contributed by atoms with Crippen LogP contribution in [0.4, 0.5) is 0 Å². The summed E-state index contributed by atoms with van der Waals surface area (Å²) in [6.45, 7) is 10.8. The molecule has 1 heterocycles. The van der Waals surface area contributed by atoms with Gasteiger partial charge in [0, 0.05) is 58.4 Å². The maximum absolute atomic E-state index is 12.2. The van der Waals surface area contributed by atoms with Gasteiger partial charge >= 0.3 is 5.97 Å². The van der Waals surface area contributed by atoms with E-state index in [2.05, 4.69) is 48.3 Å². The van der Waals surface area contributed by atoms with Gasteiger partial charge in [0.05, 0.1) is 6.54 Å². The number of benzene rings is 1. The molecule has 46 heavy (non-hydrogen) atoms. The Kier molecular flexibility index (Phi) is 20.9. The Hall–Kier alpha value is -3.51. The molecule has 6 N–H and O–H groups in total. The molecule has 1 aromatic carbocycles. The summed E-state index contributed by atoms with van der Waals surface area (Å²) in [5.41, 5.74) is 11.3. The minimum atomic E-state index is -0.759. The molecule has 2 atom stereocenters. The number of nitrogens with zero attached hydrogens (tertiary/aromatic N) is 2. The number of piperazine rings is 1. The molecular formula is C34H58N6O6. The molecule has 1 aliphatic rings. The molecule has 0 saturated carbocycles. The van der Waals surface area contributed by atoms with Gasteiger partial charge in [-0.3, -0.25) is 28.9 Å². The van der Waals surface area contributed by atoms with Crippen LogP contribution in [0.2, 0.25) is 0 Å². The van der Waals surface area contributed by atoms with Gasteiger partial charge in [-0.1, -0.05) is 58.6 Å². The normalized spacial score (nSPS) is 14.7. The van der Waals surface area contributed by atoms with Crippen LogP contribution in [-0.2, 0) is 30.4 Å². The highest BCUT2D eigenvalue weighted by Gasteiger charge is 2.20. The zero-order valence-electron chi connectivity index (χ0n) is 28.5. The van der Waals surface area contributed by atoms with Crippen molar-refractivity contribution < 1.29 is 28.7 Å². The van der Waals surface area contributed by atoms with Crippen molar-refractivity contribution in [1.82, 2.24) is 20.4 Å². The van der Waals surface area contributed by atoms with E-state index in [-0.39, 0.29) is 30.2 Å². The largest absolute Gasteiger partial charge is 0.426 e. The molecule has 1 fully saturated rings. The molecule has 4 amide bonds. The van der Waals surface area contributed by atoms with Crippen LogP contribution in [0, 0.1) is 5.92 Å². The summed E-state index contributed by atoms with van der Waals surface area (Å²) in [5.74, 6) is -0.234. The van der Waals surface area contributed by atoms with E-state index in [4.69, 9.17) is 16.2 Å². The first-order valence-electron chi connectivity index (χ1n) is 16.8. The van der Waals surface area contributed by atoms with E-state index >= 15 is 0 Å². The van der Waals surface area contributed by atoms with Crippen molar-refractivity contribution in [1.29, 1.82) is 0 Å². The zero-order chi connectivity index (χ0) is 34.3. The van der Waals surface area contributed by atoms with E-state index < -0.39 is 11.9 Å². The zero-order valence-corrected chi connectivity index (χ0v) is 28.5. The summed E-state index contributed by atoms with van der Waals surface area (Å²) in [7, 11) is 2.07. The van der Waals surface area contributed by atoms with E-state index in [1.54, 1.807) is 24.3 Å². The Bertz CT molecular complexity index is 1060. The van der Waals surface area contributed by atoms with Gasteiger partial charge in [-0.05, 0) is 49.9 Å². The van der Waals surface area contributed by atoms with Crippen molar-refractivity contribution in [3.8, 4) is 5.75 Å². The minimum Gasteiger partial charge on any atom is -0.426 e. The van der Waals surface area contributed by atoms with Crippen LogP contribution in [0.25, 0.3) is 0 Å². The third kappa shape index (κ3) is 19.8. The minimum absolute atomic E-state index is 0.129. The summed E-state index contributed by atoms with van der Waals surface area (Å²) in [6.07, 6.45) is 8.24. The first kappa shape index (κ1) is 40.5. The van der Waals surface area contributed by atoms with Crippen LogP contribution in [-0.4, -0.2) is 91.8 Å². The predicted octanol–water partition coefficient (Wildman–Crippen LogP) is 2.52. The second-order valence-electron chi connectivity index (χ2n) is 12.2. The maximum atomic E-state index is 12.2. The Balaban J connectivity index is 0.000000561. The Labute approximate surface area is 275 Å². The lowest BCUT2D eigenvalue weighted by molar-refractivity contribution is -0.136. The third-order valence-corrected chi connectivity index (χ3v) is 7.88. The van der Waals surface area contributed by atoms with Crippen molar-refractivity contribution in [3.63, 3.8) is 0 Å². The van der Waals surface area contributed by atoms with E-state index in [0.717, 1.165) is 76.7 Å². The molecule has 1 aliphatic heterocycles. The number of carbonyl (C=O) groups is 5. The highest BCUT2D eigenvalue weighted by Crippen LogP contribution is 2.15. The number of esters is 1. The lowest BCUT2D eigenvalue weighted by atomic mass is 10.0. The molecule has 12 nitrogen and oxygen atoms in total. The number of nitrogens with one attached hydrogen (secondary N) is 2. The lowest BCUT2D eigenvalue weighted by Gasteiger charge is -2.31. The Morgan fingerprint density at radius 2 is 1.52 bits per heavy atom. The molecule has 2 unspecified atom stereocenters. The molecule has 260 valence electrons. The predicted molar refractivity (Wildman–Crippen MR) is 180 cm³/mol. The number of unbranched alkanes of at least 4 members (excludes halogenated alkanes) is 4. The van der Waals surface area contributed by atoms with Crippen LogP contribution in [0.15, 0.2) is 24.3 Å². The summed E-state index contributed by atoms with van der Waals surface area (Å²) < 4.78 is 5.42. The molecule has 1 aromatic rings. The van der Waals surface area contributed by atoms with Crippen LogP contribution >= 0.6 is 0 Å². The first-order valence-corrected chi connectivity index (χ1v) is 16.8. The number of ether oxygens (including phenoxy) is 1. The van der Waals surface area contributed by atoms with Gasteiger partial charge in [-0.15, -0.1) is 0 Å². The Morgan fingerprint density at radius 3 is 2.11 bits per heavy atom. The second kappa shape index (κ2) is 23.8. The number of likely N-dealkylation sites (N-methyl/N-ethyl adjacent to an activating group) is 1. The average Bonchev–Trinajstić information content (AvgIpc) is 3.00. The maximum Gasteiger partial charge on any atom is 0.325 e. The molecular weight excluding hydrogens is 588 g/mol. The van der Waals surface area contributed by atoms with Gasteiger partial charge in [-0.25, -0.2) is 0 Å². The fourth-order valence-corrected chi connectivity index (χ4v) is 4.67. The van der Waals surface area contributed by atoms with Crippen LogP contribution < -0.4 is 26.8 Å².